The lowest BCUT2D eigenvalue weighted by Crippen LogP contribution is -2.25. The SMILES string of the molecule is CCCCC(C)NCc1ccc(C(=O)O)c(NC(=O)/C=C(\C)c2ccc3ccccc3c2)c1. The lowest BCUT2D eigenvalue weighted by Gasteiger charge is -2.15. The Morgan fingerprint density at radius 1 is 1.03 bits per heavy atom. The molecule has 0 saturated carbocycles. The third-order valence-corrected chi connectivity index (χ3v) is 5.77. The summed E-state index contributed by atoms with van der Waals surface area (Å²) in [7, 11) is 0. The summed E-state index contributed by atoms with van der Waals surface area (Å²) in [5, 5.41) is 18.0. The molecule has 3 aromatic carbocycles. The van der Waals surface area contributed by atoms with E-state index in [1.807, 2.05) is 49.4 Å². The Morgan fingerprint density at radius 3 is 2.52 bits per heavy atom. The largest absolute Gasteiger partial charge is 0.478 e. The van der Waals surface area contributed by atoms with Crippen LogP contribution in [0.4, 0.5) is 5.69 Å². The summed E-state index contributed by atoms with van der Waals surface area (Å²) in [6.45, 7) is 6.80. The predicted molar refractivity (Wildman–Crippen MR) is 135 cm³/mol. The number of benzene rings is 3. The lowest BCUT2D eigenvalue weighted by atomic mass is 10.0. The van der Waals surface area contributed by atoms with E-state index in [1.54, 1.807) is 18.2 Å². The van der Waals surface area contributed by atoms with Crippen molar-refractivity contribution in [3.63, 3.8) is 0 Å². The molecule has 3 N–H and O–H groups in total. The molecule has 1 atom stereocenters. The molecule has 3 aromatic rings. The Balaban J connectivity index is 1.75. The second kappa shape index (κ2) is 11.4. The highest BCUT2D eigenvalue weighted by Gasteiger charge is 2.13. The summed E-state index contributed by atoms with van der Waals surface area (Å²) >= 11 is 0. The van der Waals surface area contributed by atoms with Crippen LogP contribution in [0.25, 0.3) is 16.3 Å². The Hall–Kier alpha value is -3.44. The van der Waals surface area contributed by atoms with Gasteiger partial charge in [0.05, 0.1) is 11.3 Å². The lowest BCUT2D eigenvalue weighted by molar-refractivity contribution is -0.111. The first-order valence-electron chi connectivity index (χ1n) is 11.5. The highest BCUT2D eigenvalue weighted by atomic mass is 16.4. The van der Waals surface area contributed by atoms with Crippen LogP contribution >= 0.6 is 0 Å². The molecule has 0 aromatic heterocycles. The minimum absolute atomic E-state index is 0.0721. The molecule has 0 fully saturated rings. The van der Waals surface area contributed by atoms with E-state index in [0.717, 1.165) is 46.7 Å². The number of allylic oxidation sites excluding steroid dienone is 1. The monoisotopic (exact) mass is 444 g/mol. The average Bonchev–Trinajstić information content (AvgIpc) is 2.80. The van der Waals surface area contributed by atoms with Gasteiger partial charge in [0, 0.05) is 18.7 Å². The van der Waals surface area contributed by atoms with E-state index >= 15 is 0 Å². The molecule has 3 rings (SSSR count). The van der Waals surface area contributed by atoms with E-state index in [9.17, 15) is 14.7 Å². The normalized spacial score (nSPS) is 12.5. The minimum Gasteiger partial charge on any atom is -0.478 e. The van der Waals surface area contributed by atoms with E-state index in [0.29, 0.717) is 18.3 Å². The molecule has 0 saturated heterocycles. The number of carboxylic acids is 1. The number of nitrogens with one attached hydrogen (secondary N) is 2. The van der Waals surface area contributed by atoms with Crippen LogP contribution in [0.3, 0.4) is 0 Å². The van der Waals surface area contributed by atoms with Crippen molar-refractivity contribution in [3.05, 3.63) is 83.4 Å². The first kappa shape index (κ1) is 24.2. The molecule has 1 unspecified atom stereocenters. The Labute approximate surface area is 195 Å². The smallest absolute Gasteiger partial charge is 0.337 e. The van der Waals surface area contributed by atoms with Gasteiger partial charge in [0.25, 0.3) is 0 Å². The van der Waals surface area contributed by atoms with Crippen LogP contribution in [-0.2, 0) is 11.3 Å². The number of fused-ring (bicyclic) bond motifs is 1. The van der Waals surface area contributed by atoms with Crippen molar-refractivity contribution >= 4 is 33.9 Å². The molecule has 1 amide bonds. The van der Waals surface area contributed by atoms with Crippen molar-refractivity contribution in [2.75, 3.05) is 5.32 Å². The van der Waals surface area contributed by atoms with Crippen LogP contribution in [0.1, 0.15) is 61.5 Å². The third kappa shape index (κ3) is 6.77. The third-order valence-electron chi connectivity index (χ3n) is 5.77. The fourth-order valence-electron chi connectivity index (χ4n) is 3.78. The van der Waals surface area contributed by atoms with Gasteiger partial charge in [0.2, 0.25) is 5.91 Å². The zero-order valence-electron chi connectivity index (χ0n) is 19.5. The van der Waals surface area contributed by atoms with Crippen molar-refractivity contribution in [2.45, 2.75) is 52.6 Å². The molecule has 33 heavy (non-hydrogen) atoms. The van der Waals surface area contributed by atoms with Crippen LogP contribution in [0.15, 0.2) is 66.7 Å². The van der Waals surface area contributed by atoms with Crippen LogP contribution in [-0.4, -0.2) is 23.0 Å². The molecular weight excluding hydrogens is 412 g/mol. The zero-order chi connectivity index (χ0) is 23.8. The molecule has 0 spiro atoms. The van der Waals surface area contributed by atoms with Crippen LogP contribution in [0, 0.1) is 0 Å². The van der Waals surface area contributed by atoms with Gasteiger partial charge in [-0.25, -0.2) is 4.79 Å². The molecule has 0 bridgehead atoms. The number of amides is 1. The van der Waals surface area contributed by atoms with Gasteiger partial charge in [-0.05, 0) is 65.9 Å². The summed E-state index contributed by atoms with van der Waals surface area (Å²) in [5.41, 5.74) is 3.05. The van der Waals surface area contributed by atoms with Crippen molar-refractivity contribution in [1.29, 1.82) is 0 Å². The number of carbonyl (C=O) groups is 2. The minimum atomic E-state index is -1.07. The van der Waals surface area contributed by atoms with E-state index < -0.39 is 5.97 Å². The highest BCUT2D eigenvalue weighted by Crippen LogP contribution is 2.22. The van der Waals surface area contributed by atoms with E-state index in [2.05, 4.69) is 24.5 Å². The first-order valence-corrected chi connectivity index (χ1v) is 11.5. The number of anilines is 1. The summed E-state index contributed by atoms with van der Waals surface area (Å²) in [6, 6.07) is 19.6. The van der Waals surface area contributed by atoms with Gasteiger partial charge < -0.3 is 15.7 Å². The van der Waals surface area contributed by atoms with E-state index in [-0.39, 0.29) is 11.5 Å². The summed E-state index contributed by atoms with van der Waals surface area (Å²) in [4.78, 5) is 24.4. The molecule has 5 nitrogen and oxygen atoms in total. The maximum absolute atomic E-state index is 12.7. The molecule has 172 valence electrons. The van der Waals surface area contributed by atoms with Crippen LogP contribution < -0.4 is 10.6 Å². The van der Waals surface area contributed by atoms with Gasteiger partial charge in [-0.15, -0.1) is 0 Å². The molecule has 0 heterocycles. The van der Waals surface area contributed by atoms with Crippen molar-refractivity contribution in [3.8, 4) is 0 Å². The number of carboxylic acid groups (broad SMARTS) is 1. The molecular formula is C28H32N2O3. The molecule has 5 heteroatoms. The van der Waals surface area contributed by atoms with E-state index in [1.165, 1.54) is 6.08 Å². The number of aromatic carboxylic acids is 1. The molecule has 0 aliphatic rings. The fourth-order valence-corrected chi connectivity index (χ4v) is 3.78. The average molecular weight is 445 g/mol. The van der Waals surface area contributed by atoms with Gasteiger partial charge in [-0.1, -0.05) is 62.2 Å². The Bertz CT molecular complexity index is 1170. The number of hydrogen-bond donors (Lipinski definition) is 3. The standard InChI is InChI=1S/C28H32N2O3/c1-4-5-8-20(3)29-18-21-11-14-25(28(32)33)26(16-21)30-27(31)15-19(2)23-13-12-22-9-6-7-10-24(22)17-23/h6-7,9-17,20,29H,4-5,8,18H2,1-3H3,(H,30,31)(H,32,33)/b19-15+. The van der Waals surface area contributed by atoms with Crippen molar-refractivity contribution in [2.24, 2.45) is 0 Å². The fraction of sp³-hybridized carbons (Fsp3) is 0.286. The van der Waals surface area contributed by atoms with Crippen LogP contribution in [0.5, 0.6) is 0 Å². The van der Waals surface area contributed by atoms with E-state index in [4.69, 9.17) is 0 Å². The predicted octanol–water partition coefficient (Wildman–Crippen LogP) is 6.25. The molecule has 0 aliphatic carbocycles. The van der Waals surface area contributed by atoms with Gasteiger partial charge in [-0.3, -0.25) is 4.79 Å². The Morgan fingerprint density at radius 2 is 1.79 bits per heavy atom. The molecule has 0 radical (unpaired) electrons. The van der Waals surface area contributed by atoms with Gasteiger partial charge in [-0.2, -0.15) is 0 Å². The second-order valence-corrected chi connectivity index (χ2v) is 8.49. The maximum atomic E-state index is 12.7. The number of carbonyl (C=O) groups excluding carboxylic acids is 1. The highest BCUT2D eigenvalue weighted by molar-refractivity contribution is 6.07. The first-order chi connectivity index (χ1) is 15.9. The number of rotatable bonds is 10. The Kier molecular flexibility index (Phi) is 8.39. The van der Waals surface area contributed by atoms with Gasteiger partial charge in [0.15, 0.2) is 0 Å². The quantitative estimate of drug-likeness (QED) is 0.323. The summed E-state index contributed by atoms with van der Waals surface area (Å²) in [6.07, 6.45) is 4.91. The topological polar surface area (TPSA) is 78.4 Å². The van der Waals surface area contributed by atoms with Gasteiger partial charge in [0.1, 0.15) is 0 Å². The number of unbranched alkanes of at least 4 members (excludes halogenated alkanes) is 1. The molecule has 0 aliphatic heterocycles. The maximum Gasteiger partial charge on any atom is 0.337 e. The van der Waals surface area contributed by atoms with Crippen LogP contribution in [0.2, 0.25) is 0 Å². The summed E-state index contributed by atoms with van der Waals surface area (Å²) in [5.74, 6) is -1.43. The second-order valence-electron chi connectivity index (χ2n) is 8.49. The van der Waals surface area contributed by atoms with Crippen molar-refractivity contribution < 1.29 is 14.7 Å². The summed E-state index contributed by atoms with van der Waals surface area (Å²) < 4.78 is 0. The number of hydrogen-bond acceptors (Lipinski definition) is 3. The van der Waals surface area contributed by atoms with Crippen molar-refractivity contribution in [1.82, 2.24) is 5.32 Å². The zero-order valence-corrected chi connectivity index (χ0v) is 19.5. The van der Waals surface area contributed by atoms with Gasteiger partial charge >= 0.3 is 5.97 Å².